The summed E-state index contributed by atoms with van der Waals surface area (Å²) < 4.78 is 59.3. The van der Waals surface area contributed by atoms with Gasteiger partial charge in [0, 0.05) is 6.42 Å². The maximum atomic E-state index is 12.5. The first kappa shape index (κ1) is 28.8. The number of carbonyl (C=O) groups excluding carboxylic acids is 1. The number of rotatable bonds is 9. The van der Waals surface area contributed by atoms with Gasteiger partial charge in [0.15, 0.2) is 11.5 Å². The van der Waals surface area contributed by atoms with Gasteiger partial charge in [-0.15, -0.1) is 0 Å². The van der Waals surface area contributed by atoms with Gasteiger partial charge in [0.05, 0.1) is 18.3 Å². The van der Waals surface area contributed by atoms with Crippen molar-refractivity contribution in [3.63, 3.8) is 0 Å². The van der Waals surface area contributed by atoms with Crippen molar-refractivity contribution in [3.8, 4) is 0 Å². The van der Waals surface area contributed by atoms with E-state index in [4.69, 9.17) is 25.0 Å². The number of phosphoric ester groups is 1. The van der Waals surface area contributed by atoms with E-state index in [9.17, 15) is 28.3 Å². The van der Waals surface area contributed by atoms with Gasteiger partial charge in [-0.25, -0.2) is 28.6 Å². The van der Waals surface area contributed by atoms with Crippen LogP contribution < -0.4 is 5.73 Å². The molecule has 0 amide bonds. The fourth-order valence-electron chi connectivity index (χ4n) is 3.01. The second-order valence-corrected chi connectivity index (χ2v) is 12.9. The largest absolute Gasteiger partial charge is 0.490 e. The van der Waals surface area contributed by atoms with Crippen LogP contribution in [0.2, 0.25) is 0 Å². The van der Waals surface area contributed by atoms with Crippen LogP contribution in [0.5, 0.6) is 0 Å². The Bertz CT molecular complexity index is 1270. The normalized spacial score (nSPS) is 24.4. The zero-order chi connectivity index (χ0) is 27.1. The number of esters is 1. The maximum Gasteiger partial charge on any atom is 0.490 e. The molecule has 1 aliphatic rings. The van der Waals surface area contributed by atoms with Gasteiger partial charge in [0.1, 0.15) is 30.3 Å². The Labute approximate surface area is 203 Å². The van der Waals surface area contributed by atoms with Crippen molar-refractivity contribution in [3.05, 3.63) is 12.7 Å². The molecule has 0 aliphatic carbocycles. The minimum Gasteiger partial charge on any atom is -0.459 e. The lowest BCUT2D eigenvalue weighted by Gasteiger charge is -2.24. The van der Waals surface area contributed by atoms with Crippen molar-refractivity contribution in [2.45, 2.75) is 45.6 Å². The highest BCUT2D eigenvalue weighted by Gasteiger charge is 2.45. The predicted molar refractivity (Wildman–Crippen MR) is 117 cm³/mol. The SMILES string of the molecule is CC(C)(C)C(=O)OC1CC(n2cnc3c(N)ncnc32)OC1COP(=O)(O)OP(=O)(O)OP(=O)(O)O. The molecular formula is C15H24N5O13P3. The molecule has 6 N–H and O–H groups in total. The topological polar surface area (TPSA) is 265 Å². The third-order valence-electron chi connectivity index (χ3n) is 4.57. The second-order valence-electron chi connectivity index (χ2n) is 8.53. The van der Waals surface area contributed by atoms with Crippen LogP contribution >= 0.6 is 23.5 Å². The monoisotopic (exact) mass is 575 g/mol. The van der Waals surface area contributed by atoms with Gasteiger partial charge in [0.25, 0.3) is 0 Å². The average molecular weight is 575 g/mol. The number of hydrogen-bond donors (Lipinski definition) is 5. The van der Waals surface area contributed by atoms with Crippen LogP contribution in [-0.2, 0) is 41.1 Å². The van der Waals surface area contributed by atoms with Gasteiger partial charge in [-0.1, -0.05) is 0 Å². The predicted octanol–water partition coefficient (Wildman–Crippen LogP) is 0.997. The summed E-state index contributed by atoms with van der Waals surface area (Å²) >= 11 is 0. The summed E-state index contributed by atoms with van der Waals surface area (Å²) in [5, 5.41) is 0. The van der Waals surface area contributed by atoms with E-state index in [0.717, 1.165) is 0 Å². The van der Waals surface area contributed by atoms with Gasteiger partial charge in [-0.3, -0.25) is 13.9 Å². The highest BCUT2D eigenvalue weighted by Crippen LogP contribution is 2.66. The van der Waals surface area contributed by atoms with Crippen molar-refractivity contribution in [2.24, 2.45) is 5.41 Å². The number of carbonyl (C=O) groups is 1. The van der Waals surface area contributed by atoms with Gasteiger partial charge in [0.2, 0.25) is 0 Å². The molecule has 5 unspecified atom stereocenters. The van der Waals surface area contributed by atoms with Crippen molar-refractivity contribution in [2.75, 3.05) is 12.3 Å². The van der Waals surface area contributed by atoms with E-state index in [0.29, 0.717) is 5.65 Å². The van der Waals surface area contributed by atoms with Crippen LogP contribution in [-0.4, -0.2) is 63.9 Å². The summed E-state index contributed by atoms with van der Waals surface area (Å²) in [7, 11) is -16.7. The third kappa shape index (κ3) is 7.37. The number of anilines is 1. The highest BCUT2D eigenvalue weighted by molar-refractivity contribution is 7.66. The van der Waals surface area contributed by atoms with E-state index >= 15 is 0 Å². The Morgan fingerprint density at radius 2 is 1.81 bits per heavy atom. The molecule has 202 valence electrons. The molecular weight excluding hydrogens is 551 g/mol. The average Bonchev–Trinajstić information content (AvgIpc) is 3.27. The minimum atomic E-state index is -5.71. The molecule has 36 heavy (non-hydrogen) atoms. The molecule has 2 aromatic heterocycles. The molecule has 0 spiro atoms. The molecule has 3 heterocycles. The third-order valence-corrected chi connectivity index (χ3v) is 8.37. The van der Waals surface area contributed by atoms with Gasteiger partial charge in [-0.2, -0.15) is 8.62 Å². The molecule has 0 radical (unpaired) electrons. The first-order valence-electron chi connectivity index (χ1n) is 9.95. The Hall–Kier alpha value is -1.81. The molecule has 1 saturated heterocycles. The van der Waals surface area contributed by atoms with E-state index in [-0.39, 0.29) is 17.8 Å². The van der Waals surface area contributed by atoms with Crippen LogP contribution in [0.1, 0.15) is 33.4 Å². The molecule has 0 saturated carbocycles. The van der Waals surface area contributed by atoms with Crippen LogP contribution in [0.4, 0.5) is 5.82 Å². The Morgan fingerprint density at radius 1 is 1.14 bits per heavy atom. The van der Waals surface area contributed by atoms with Crippen LogP contribution in [0.25, 0.3) is 11.2 Å². The molecule has 3 rings (SSSR count). The fraction of sp³-hybridized carbons (Fsp3) is 0.600. The van der Waals surface area contributed by atoms with Crippen LogP contribution in [0.3, 0.4) is 0 Å². The number of ether oxygens (including phenoxy) is 2. The van der Waals surface area contributed by atoms with Crippen molar-refractivity contribution >= 4 is 46.4 Å². The number of imidazole rings is 1. The molecule has 0 aromatic carbocycles. The first-order chi connectivity index (χ1) is 16.4. The Balaban J connectivity index is 1.79. The van der Waals surface area contributed by atoms with Crippen molar-refractivity contribution < 1.29 is 60.7 Å². The smallest absolute Gasteiger partial charge is 0.459 e. The van der Waals surface area contributed by atoms with E-state index in [2.05, 4.69) is 28.1 Å². The molecule has 21 heteroatoms. The first-order valence-corrected chi connectivity index (χ1v) is 14.5. The molecule has 1 fully saturated rings. The number of phosphoric acid groups is 3. The molecule has 5 atom stereocenters. The Morgan fingerprint density at radius 3 is 2.42 bits per heavy atom. The minimum absolute atomic E-state index is 0.0155. The summed E-state index contributed by atoms with van der Waals surface area (Å²) in [6.45, 7) is 4.00. The van der Waals surface area contributed by atoms with Gasteiger partial charge in [-0.05, 0) is 20.8 Å². The Kier molecular flexibility index (Phi) is 8.11. The molecule has 18 nitrogen and oxygen atoms in total. The lowest BCUT2D eigenvalue weighted by atomic mass is 9.97. The van der Waals surface area contributed by atoms with Crippen LogP contribution in [0, 0.1) is 5.41 Å². The van der Waals surface area contributed by atoms with Gasteiger partial charge < -0.3 is 34.8 Å². The standard InChI is InChI=1S/C15H24N5O13P3/c1-15(2,3)14(21)31-8-4-10(20-7-19-11-12(16)17-6-18-13(11)20)30-9(8)5-29-35(25,26)33-36(27,28)32-34(22,23)24/h6-10H,4-5H2,1-3H3,(H,25,26)(H,27,28)(H2,16,17,18)(H2,22,23,24). The van der Waals surface area contributed by atoms with E-state index in [1.807, 2.05) is 0 Å². The molecule has 2 aromatic rings. The molecule has 1 aliphatic heterocycles. The number of fused-ring (bicyclic) bond motifs is 1. The van der Waals surface area contributed by atoms with Crippen LogP contribution in [0.15, 0.2) is 12.7 Å². The number of nitrogens with zero attached hydrogens (tertiary/aromatic N) is 4. The maximum absolute atomic E-state index is 12.5. The number of aromatic nitrogens is 4. The van der Waals surface area contributed by atoms with Crippen molar-refractivity contribution in [1.29, 1.82) is 0 Å². The summed E-state index contributed by atoms with van der Waals surface area (Å²) in [5.74, 6) is -0.515. The number of nitrogens with two attached hydrogens (primary N) is 1. The quantitative estimate of drug-likeness (QED) is 0.206. The number of hydrogen-bond acceptors (Lipinski definition) is 13. The number of nitrogen functional groups attached to an aromatic ring is 1. The van der Waals surface area contributed by atoms with Gasteiger partial charge >= 0.3 is 29.4 Å². The summed E-state index contributed by atoms with van der Waals surface area (Å²) in [4.78, 5) is 60.8. The zero-order valence-electron chi connectivity index (χ0n) is 19.0. The van der Waals surface area contributed by atoms with E-state index < -0.39 is 59.9 Å². The summed E-state index contributed by atoms with van der Waals surface area (Å²) in [6.07, 6.45) is -0.533. The zero-order valence-corrected chi connectivity index (χ0v) is 21.7. The highest BCUT2D eigenvalue weighted by atomic mass is 31.3. The van der Waals surface area contributed by atoms with E-state index in [1.165, 1.54) is 17.2 Å². The van der Waals surface area contributed by atoms with Crippen molar-refractivity contribution in [1.82, 2.24) is 19.5 Å². The summed E-state index contributed by atoms with van der Waals surface area (Å²) in [6, 6.07) is 0. The summed E-state index contributed by atoms with van der Waals surface area (Å²) in [5.41, 5.74) is 5.45. The fourth-order valence-corrected chi connectivity index (χ4v) is 6.04. The lowest BCUT2D eigenvalue weighted by molar-refractivity contribution is -0.162. The lowest BCUT2D eigenvalue weighted by Crippen LogP contribution is -2.35. The van der Waals surface area contributed by atoms with E-state index in [1.54, 1.807) is 20.8 Å². The molecule has 0 bridgehead atoms. The second kappa shape index (κ2) is 10.2.